The number of anilines is 1. The average molecular weight is 343 g/mol. The van der Waals surface area contributed by atoms with Crippen LogP contribution in [0.1, 0.15) is 21.5 Å². The van der Waals surface area contributed by atoms with E-state index < -0.39 is 5.82 Å². The molecule has 2 N–H and O–H groups in total. The standard InChI is InChI=1S/C19H22FN3O2/c1-13-4-9-17(16(20)10-13)22-18(24)12-23(3)11-14-5-7-15(8-6-14)19(25)21-2/h4-10H,11-12H2,1-3H3,(H,21,25)(H,22,24). The lowest BCUT2D eigenvalue weighted by molar-refractivity contribution is -0.117. The number of carbonyl (C=O) groups excluding carboxylic acids is 2. The van der Waals surface area contributed by atoms with Crippen LogP contribution in [0.15, 0.2) is 42.5 Å². The molecule has 2 aromatic carbocycles. The van der Waals surface area contributed by atoms with Gasteiger partial charge in [0.2, 0.25) is 5.91 Å². The second-order valence-corrected chi connectivity index (χ2v) is 5.98. The molecule has 0 atom stereocenters. The first-order chi connectivity index (χ1) is 11.9. The Morgan fingerprint density at radius 2 is 1.80 bits per heavy atom. The summed E-state index contributed by atoms with van der Waals surface area (Å²) in [5, 5.41) is 5.14. The SMILES string of the molecule is CNC(=O)c1ccc(CN(C)CC(=O)Nc2ccc(C)cc2F)cc1. The zero-order valence-corrected chi connectivity index (χ0v) is 14.6. The van der Waals surface area contributed by atoms with E-state index in [9.17, 15) is 14.0 Å². The van der Waals surface area contributed by atoms with E-state index in [0.717, 1.165) is 11.1 Å². The Balaban J connectivity index is 1.89. The Morgan fingerprint density at radius 1 is 1.12 bits per heavy atom. The summed E-state index contributed by atoms with van der Waals surface area (Å²) >= 11 is 0. The van der Waals surface area contributed by atoms with Crippen LogP contribution in [0.4, 0.5) is 10.1 Å². The highest BCUT2D eigenvalue weighted by atomic mass is 19.1. The van der Waals surface area contributed by atoms with Crippen molar-refractivity contribution in [3.63, 3.8) is 0 Å². The molecule has 0 fully saturated rings. The van der Waals surface area contributed by atoms with Gasteiger partial charge in [-0.2, -0.15) is 0 Å². The number of amides is 2. The highest BCUT2D eigenvalue weighted by molar-refractivity contribution is 5.94. The number of carbonyl (C=O) groups is 2. The third-order valence-electron chi connectivity index (χ3n) is 3.71. The van der Waals surface area contributed by atoms with E-state index in [-0.39, 0.29) is 24.0 Å². The number of hydrogen-bond donors (Lipinski definition) is 2. The lowest BCUT2D eigenvalue weighted by Gasteiger charge is -2.17. The van der Waals surface area contributed by atoms with Gasteiger partial charge in [0.1, 0.15) is 5.82 Å². The first-order valence-electron chi connectivity index (χ1n) is 7.94. The third-order valence-corrected chi connectivity index (χ3v) is 3.71. The van der Waals surface area contributed by atoms with Gasteiger partial charge >= 0.3 is 0 Å². The van der Waals surface area contributed by atoms with Crippen LogP contribution in [0.3, 0.4) is 0 Å². The molecule has 0 radical (unpaired) electrons. The molecule has 25 heavy (non-hydrogen) atoms. The molecule has 2 amide bonds. The molecule has 0 aliphatic heterocycles. The predicted molar refractivity (Wildman–Crippen MR) is 95.9 cm³/mol. The zero-order chi connectivity index (χ0) is 18.4. The van der Waals surface area contributed by atoms with Crippen molar-refractivity contribution >= 4 is 17.5 Å². The Hall–Kier alpha value is -2.73. The van der Waals surface area contributed by atoms with E-state index in [1.54, 1.807) is 45.3 Å². The topological polar surface area (TPSA) is 61.4 Å². The molecule has 2 rings (SSSR count). The minimum atomic E-state index is -0.444. The monoisotopic (exact) mass is 343 g/mol. The lowest BCUT2D eigenvalue weighted by atomic mass is 10.1. The third kappa shape index (κ3) is 5.39. The van der Waals surface area contributed by atoms with Gasteiger partial charge in [-0.15, -0.1) is 0 Å². The summed E-state index contributed by atoms with van der Waals surface area (Å²) in [5.41, 5.74) is 2.54. The molecule has 0 bridgehead atoms. The number of likely N-dealkylation sites (N-methyl/N-ethyl adjacent to an activating group) is 1. The number of halogens is 1. The van der Waals surface area contributed by atoms with Crippen molar-refractivity contribution in [1.29, 1.82) is 0 Å². The molecule has 2 aromatic rings. The molecule has 0 saturated heterocycles. The van der Waals surface area contributed by atoms with Crippen LogP contribution in [-0.2, 0) is 11.3 Å². The Bertz CT molecular complexity index is 760. The Morgan fingerprint density at radius 3 is 2.40 bits per heavy atom. The van der Waals surface area contributed by atoms with Gasteiger partial charge in [-0.3, -0.25) is 14.5 Å². The van der Waals surface area contributed by atoms with Gasteiger partial charge in [0.25, 0.3) is 5.91 Å². The van der Waals surface area contributed by atoms with E-state index in [1.165, 1.54) is 6.07 Å². The van der Waals surface area contributed by atoms with Crippen molar-refractivity contribution in [2.75, 3.05) is 26.0 Å². The maximum atomic E-state index is 13.8. The van der Waals surface area contributed by atoms with E-state index in [4.69, 9.17) is 0 Å². The zero-order valence-electron chi connectivity index (χ0n) is 14.6. The van der Waals surface area contributed by atoms with E-state index in [1.807, 2.05) is 17.0 Å². The largest absolute Gasteiger partial charge is 0.355 e. The maximum Gasteiger partial charge on any atom is 0.251 e. The average Bonchev–Trinajstić information content (AvgIpc) is 2.57. The molecule has 0 heterocycles. The number of nitrogens with zero attached hydrogens (tertiary/aromatic N) is 1. The van der Waals surface area contributed by atoms with Crippen molar-refractivity contribution in [2.24, 2.45) is 0 Å². The minimum Gasteiger partial charge on any atom is -0.355 e. The van der Waals surface area contributed by atoms with Crippen molar-refractivity contribution in [3.8, 4) is 0 Å². The fraction of sp³-hybridized carbons (Fsp3) is 0.263. The number of rotatable bonds is 6. The van der Waals surface area contributed by atoms with Crippen molar-refractivity contribution < 1.29 is 14.0 Å². The van der Waals surface area contributed by atoms with Crippen molar-refractivity contribution in [3.05, 3.63) is 65.0 Å². The van der Waals surface area contributed by atoms with E-state index >= 15 is 0 Å². The molecule has 0 aliphatic rings. The van der Waals surface area contributed by atoms with Gasteiger partial charge in [-0.1, -0.05) is 18.2 Å². The summed E-state index contributed by atoms with van der Waals surface area (Å²) in [5.74, 6) is -0.868. The van der Waals surface area contributed by atoms with Gasteiger partial charge in [0.05, 0.1) is 12.2 Å². The van der Waals surface area contributed by atoms with Crippen LogP contribution in [0, 0.1) is 12.7 Å². The highest BCUT2D eigenvalue weighted by Gasteiger charge is 2.11. The number of nitrogens with one attached hydrogen (secondary N) is 2. The molecule has 6 heteroatoms. The first-order valence-corrected chi connectivity index (χ1v) is 7.94. The second kappa shape index (κ2) is 8.39. The smallest absolute Gasteiger partial charge is 0.251 e. The van der Waals surface area contributed by atoms with Crippen LogP contribution >= 0.6 is 0 Å². The molecular weight excluding hydrogens is 321 g/mol. The lowest BCUT2D eigenvalue weighted by Crippen LogP contribution is -2.30. The summed E-state index contributed by atoms with van der Waals surface area (Å²) in [6, 6.07) is 11.9. The normalized spacial score (nSPS) is 10.6. The van der Waals surface area contributed by atoms with Gasteiger partial charge in [0, 0.05) is 19.2 Å². The number of aryl methyl sites for hydroxylation is 1. The fourth-order valence-corrected chi connectivity index (χ4v) is 2.43. The summed E-state index contributed by atoms with van der Waals surface area (Å²) in [4.78, 5) is 25.4. The first kappa shape index (κ1) is 18.6. The molecule has 132 valence electrons. The second-order valence-electron chi connectivity index (χ2n) is 5.98. The van der Waals surface area contributed by atoms with Crippen LogP contribution in [0.2, 0.25) is 0 Å². The van der Waals surface area contributed by atoms with Gasteiger partial charge < -0.3 is 10.6 Å². The molecular formula is C19H22FN3O2. The number of hydrogen-bond acceptors (Lipinski definition) is 3. The summed E-state index contributed by atoms with van der Waals surface area (Å²) in [7, 11) is 3.39. The maximum absolute atomic E-state index is 13.8. The van der Waals surface area contributed by atoms with E-state index in [2.05, 4.69) is 10.6 Å². The predicted octanol–water partition coefficient (Wildman–Crippen LogP) is 2.56. The van der Waals surface area contributed by atoms with Crippen LogP contribution < -0.4 is 10.6 Å². The van der Waals surface area contributed by atoms with Gasteiger partial charge in [0.15, 0.2) is 0 Å². The summed E-state index contributed by atoms with van der Waals surface area (Å²) in [6.07, 6.45) is 0. The quantitative estimate of drug-likeness (QED) is 0.847. The fourth-order valence-electron chi connectivity index (χ4n) is 2.43. The van der Waals surface area contributed by atoms with Gasteiger partial charge in [-0.25, -0.2) is 4.39 Å². The van der Waals surface area contributed by atoms with Crippen LogP contribution in [0.5, 0.6) is 0 Å². The summed E-state index contributed by atoms with van der Waals surface area (Å²) in [6.45, 7) is 2.46. The molecule has 0 spiro atoms. The Labute approximate surface area is 146 Å². The highest BCUT2D eigenvalue weighted by Crippen LogP contribution is 2.15. The molecule has 0 aliphatic carbocycles. The van der Waals surface area contributed by atoms with Crippen molar-refractivity contribution in [1.82, 2.24) is 10.2 Å². The van der Waals surface area contributed by atoms with Crippen molar-refractivity contribution in [2.45, 2.75) is 13.5 Å². The van der Waals surface area contributed by atoms with Crippen LogP contribution in [-0.4, -0.2) is 37.4 Å². The molecule has 5 nitrogen and oxygen atoms in total. The minimum absolute atomic E-state index is 0.129. The summed E-state index contributed by atoms with van der Waals surface area (Å²) < 4.78 is 13.8. The molecule has 0 unspecified atom stereocenters. The number of benzene rings is 2. The van der Waals surface area contributed by atoms with Gasteiger partial charge in [-0.05, 0) is 49.4 Å². The Kier molecular flexibility index (Phi) is 6.25. The van der Waals surface area contributed by atoms with Crippen LogP contribution in [0.25, 0.3) is 0 Å². The molecule has 0 saturated carbocycles. The van der Waals surface area contributed by atoms with E-state index in [0.29, 0.717) is 12.1 Å². The molecule has 0 aromatic heterocycles.